The average Bonchev–Trinajstić information content (AvgIpc) is 2.60. The summed E-state index contributed by atoms with van der Waals surface area (Å²) in [5, 5.41) is 12.1. The van der Waals surface area contributed by atoms with Crippen molar-refractivity contribution in [1.82, 2.24) is 9.97 Å². The van der Waals surface area contributed by atoms with Crippen LogP contribution >= 0.6 is 11.8 Å². The minimum atomic E-state index is -1.11. The van der Waals surface area contributed by atoms with E-state index in [1.54, 1.807) is 12.1 Å². The monoisotopic (exact) mass is 359 g/mol. The maximum atomic E-state index is 12.1. The van der Waals surface area contributed by atoms with Gasteiger partial charge in [-0.3, -0.25) is 9.59 Å². The lowest BCUT2D eigenvalue weighted by Crippen LogP contribution is -2.22. The van der Waals surface area contributed by atoms with Crippen LogP contribution < -0.4 is 10.9 Å². The molecule has 1 amide bonds. The molecule has 130 valence electrons. The molecule has 0 saturated heterocycles. The molecule has 0 radical (unpaired) electrons. The zero-order valence-electron chi connectivity index (χ0n) is 13.4. The minimum Gasteiger partial charge on any atom is -0.478 e. The van der Waals surface area contributed by atoms with Crippen molar-refractivity contribution in [3.63, 3.8) is 0 Å². The summed E-state index contributed by atoms with van der Waals surface area (Å²) in [6, 6.07) is 6.20. The van der Waals surface area contributed by atoms with Crippen LogP contribution in [0.4, 0.5) is 5.69 Å². The van der Waals surface area contributed by atoms with Crippen LogP contribution in [0, 0.1) is 0 Å². The van der Waals surface area contributed by atoms with Crippen molar-refractivity contribution in [2.24, 2.45) is 0 Å². The molecule has 1 heterocycles. The van der Waals surface area contributed by atoms with E-state index in [1.165, 1.54) is 12.1 Å². The van der Waals surface area contributed by atoms with Crippen molar-refractivity contribution in [1.29, 1.82) is 0 Å². The lowest BCUT2D eigenvalue weighted by atomic mass is 9.97. The Labute approximate surface area is 147 Å². The number of H-pyrrole nitrogens is 1. The molecule has 1 aliphatic rings. The summed E-state index contributed by atoms with van der Waals surface area (Å²) in [5.41, 5.74) is 1.70. The molecule has 3 rings (SSSR count). The molecule has 0 atom stereocenters. The first-order valence-corrected chi connectivity index (χ1v) is 8.90. The highest BCUT2D eigenvalue weighted by atomic mass is 32.2. The molecule has 2 aromatic rings. The lowest BCUT2D eigenvalue weighted by Gasteiger charge is -2.14. The number of aromatic carboxylic acids is 1. The van der Waals surface area contributed by atoms with Crippen LogP contribution in [-0.4, -0.2) is 32.7 Å². The number of hydrogen-bond donors (Lipinski definition) is 3. The summed E-state index contributed by atoms with van der Waals surface area (Å²) in [5.74, 6) is -1.45. The van der Waals surface area contributed by atoms with Gasteiger partial charge in [-0.1, -0.05) is 23.9 Å². The predicted octanol–water partition coefficient (Wildman–Crippen LogP) is 2.08. The number of nitrogens with zero attached hydrogens (tertiary/aromatic N) is 1. The SMILES string of the molecule is O=C(CSc1nc2c(c(=O)[nH]1)CCCC2)Nc1ccccc1C(=O)O. The topological polar surface area (TPSA) is 112 Å². The largest absolute Gasteiger partial charge is 0.478 e. The fraction of sp³-hybridized carbons (Fsp3) is 0.294. The number of thioether (sulfide) groups is 1. The van der Waals surface area contributed by atoms with Crippen LogP contribution in [0.2, 0.25) is 0 Å². The van der Waals surface area contributed by atoms with Crippen molar-refractivity contribution >= 4 is 29.3 Å². The van der Waals surface area contributed by atoms with Gasteiger partial charge in [0.1, 0.15) is 0 Å². The molecule has 1 aromatic heterocycles. The number of carbonyl (C=O) groups excluding carboxylic acids is 1. The molecule has 1 aliphatic carbocycles. The number of aromatic amines is 1. The van der Waals surface area contributed by atoms with Gasteiger partial charge in [0.25, 0.3) is 5.56 Å². The maximum absolute atomic E-state index is 12.1. The number of hydrogen-bond acceptors (Lipinski definition) is 5. The van der Waals surface area contributed by atoms with Gasteiger partial charge in [0.05, 0.1) is 22.7 Å². The summed E-state index contributed by atoms with van der Waals surface area (Å²) in [4.78, 5) is 42.4. The normalized spacial score (nSPS) is 13.1. The molecule has 3 N–H and O–H groups in total. The molecule has 0 unspecified atom stereocenters. The van der Waals surface area contributed by atoms with E-state index < -0.39 is 5.97 Å². The number of aromatic nitrogens is 2. The number of rotatable bonds is 5. The van der Waals surface area contributed by atoms with Crippen molar-refractivity contribution < 1.29 is 14.7 Å². The number of carboxylic acids is 1. The van der Waals surface area contributed by atoms with Gasteiger partial charge in [-0.05, 0) is 37.8 Å². The molecular formula is C17H17N3O4S. The number of amides is 1. The van der Waals surface area contributed by atoms with E-state index in [-0.39, 0.29) is 28.5 Å². The number of fused-ring (bicyclic) bond motifs is 1. The van der Waals surface area contributed by atoms with Gasteiger partial charge in [0, 0.05) is 5.56 Å². The molecular weight excluding hydrogens is 342 g/mol. The van der Waals surface area contributed by atoms with Crippen LogP contribution in [-0.2, 0) is 17.6 Å². The highest BCUT2D eigenvalue weighted by Gasteiger charge is 2.17. The number of carboxylic acid groups (broad SMARTS) is 1. The third-order valence-corrected chi connectivity index (χ3v) is 4.81. The summed E-state index contributed by atoms with van der Waals surface area (Å²) >= 11 is 1.12. The Hall–Kier alpha value is -2.61. The van der Waals surface area contributed by atoms with Gasteiger partial charge >= 0.3 is 5.97 Å². The van der Waals surface area contributed by atoms with Gasteiger partial charge in [0.15, 0.2) is 5.16 Å². The fourth-order valence-electron chi connectivity index (χ4n) is 2.75. The van der Waals surface area contributed by atoms with E-state index in [1.807, 2.05) is 0 Å². The van der Waals surface area contributed by atoms with Crippen LogP contribution in [0.5, 0.6) is 0 Å². The van der Waals surface area contributed by atoms with Gasteiger partial charge in [-0.2, -0.15) is 0 Å². The van der Waals surface area contributed by atoms with Crippen molar-refractivity contribution in [2.75, 3.05) is 11.1 Å². The van der Waals surface area contributed by atoms with Crippen LogP contribution in [0.15, 0.2) is 34.2 Å². The fourth-order valence-corrected chi connectivity index (χ4v) is 3.43. The Balaban J connectivity index is 1.66. The molecule has 25 heavy (non-hydrogen) atoms. The Morgan fingerprint density at radius 2 is 2.00 bits per heavy atom. The Kier molecular flexibility index (Phi) is 5.18. The number of nitrogens with one attached hydrogen (secondary N) is 2. The molecule has 0 spiro atoms. The van der Waals surface area contributed by atoms with E-state index in [4.69, 9.17) is 5.11 Å². The quantitative estimate of drug-likeness (QED) is 0.557. The minimum absolute atomic E-state index is 0.0235. The van der Waals surface area contributed by atoms with Gasteiger partial charge < -0.3 is 15.4 Å². The Morgan fingerprint density at radius 1 is 1.24 bits per heavy atom. The summed E-state index contributed by atoms with van der Waals surface area (Å²) < 4.78 is 0. The second-order valence-electron chi connectivity index (χ2n) is 5.69. The first kappa shape index (κ1) is 17.2. The van der Waals surface area contributed by atoms with Crippen molar-refractivity contribution in [2.45, 2.75) is 30.8 Å². The third kappa shape index (κ3) is 4.08. The van der Waals surface area contributed by atoms with Crippen LogP contribution in [0.1, 0.15) is 34.5 Å². The van der Waals surface area contributed by atoms with E-state index in [9.17, 15) is 14.4 Å². The van der Waals surface area contributed by atoms with E-state index in [0.29, 0.717) is 5.16 Å². The van der Waals surface area contributed by atoms with Gasteiger partial charge in [-0.25, -0.2) is 9.78 Å². The summed E-state index contributed by atoms with van der Waals surface area (Å²) in [6.07, 6.45) is 3.54. The average molecular weight is 359 g/mol. The summed E-state index contributed by atoms with van der Waals surface area (Å²) in [7, 11) is 0. The van der Waals surface area contributed by atoms with E-state index >= 15 is 0 Å². The molecule has 0 aliphatic heterocycles. The van der Waals surface area contributed by atoms with Crippen LogP contribution in [0.25, 0.3) is 0 Å². The second kappa shape index (κ2) is 7.52. The standard InChI is InChI=1S/C17H17N3O4S/c21-14(18-13-8-4-2-6-11(13)16(23)24)9-25-17-19-12-7-3-1-5-10(12)15(22)20-17/h2,4,6,8H,1,3,5,7,9H2,(H,18,21)(H,23,24)(H,19,20,22). The molecule has 0 bridgehead atoms. The van der Waals surface area contributed by atoms with Crippen LogP contribution in [0.3, 0.4) is 0 Å². The molecule has 0 fully saturated rings. The van der Waals surface area contributed by atoms with Crippen molar-refractivity contribution in [3.8, 4) is 0 Å². The zero-order valence-corrected chi connectivity index (χ0v) is 14.2. The number of anilines is 1. The molecule has 0 saturated carbocycles. The van der Waals surface area contributed by atoms with E-state index in [0.717, 1.165) is 48.7 Å². The van der Waals surface area contributed by atoms with Crippen molar-refractivity contribution in [3.05, 3.63) is 51.4 Å². The lowest BCUT2D eigenvalue weighted by molar-refractivity contribution is -0.113. The first-order valence-electron chi connectivity index (χ1n) is 7.91. The predicted molar refractivity (Wildman–Crippen MR) is 94.3 cm³/mol. The number of benzene rings is 1. The summed E-state index contributed by atoms with van der Waals surface area (Å²) in [6.45, 7) is 0. The maximum Gasteiger partial charge on any atom is 0.337 e. The van der Waals surface area contributed by atoms with Gasteiger partial charge in [-0.15, -0.1) is 0 Å². The first-order chi connectivity index (χ1) is 12.0. The van der Waals surface area contributed by atoms with Gasteiger partial charge in [0.2, 0.25) is 5.91 Å². The highest BCUT2D eigenvalue weighted by Crippen LogP contribution is 2.20. The number of para-hydroxylation sites is 1. The number of carbonyl (C=O) groups is 2. The van der Waals surface area contributed by atoms with E-state index in [2.05, 4.69) is 15.3 Å². The molecule has 7 nitrogen and oxygen atoms in total. The third-order valence-electron chi connectivity index (χ3n) is 3.94. The molecule has 8 heteroatoms. The number of aryl methyl sites for hydroxylation is 1. The second-order valence-corrected chi connectivity index (χ2v) is 6.66. The smallest absolute Gasteiger partial charge is 0.337 e. The molecule has 1 aromatic carbocycles. The Morgan fingerprint density at radius 3 is 2.80 bits per heavy atom. The Bertz CT molecular complexity index is 878. The highest BCUT2D eigenvalue weighted by molar-refractivity contribution is 7.99. The zero-order chi connectivity index (χ0) is 17.8.